The third-order valence-electron chi connectivity index (χ3n) is 2.86. The summed E-state index contributed by atoms with van der Waals surface area (Å²) in [5, 5.41) is 0. The topological polar surface area (TPSA) is 26.3 Å². The fourth-order valence-corrected chi connectivity index (χ4v) is 3.15. The van der Waals surface area contributed by atoms with Crippen LogP contribution in [0, 0.1) is 0 Å². The Morgan fingerprint density at radius 3 is 1.83 bits per heavy atom. The molecule has 0 heterocycles. The summed E-state index contributed by atoms with van der Waals surface area (Å²) in [6, 6.07) is 0. The second-order valence-corrected chi connectivity index (χ2v) is 11.4. The number of methoxy groups -OCH3 is 1. The highest BCUT2D eigenvalue weighted by Gasteiger charge is 2.08. The van der Waals surface area contributed by atoms with Crippen molar-refractivity contribution in [2.45, 2.75) is 57.8 Å². The lowest BCUT2D eigenvalue weighted by atomic mass is 10.1. The summed E-state index contributed by atoms with van der Waals surface area (Å²) in [6.07, 6.45) is 11.9. The normalized spacial score (nSPS) is 12.4. The highest BCUT2D eigenvalue weighted by molar-refractivity contribution is 8.65. The molecule has 0 aromatic rings. The van der Waals surface area contributed by atoms with Crippen LogP contribution < -0.4 is 0 Å². The van der Waals surface area contributed by atoms with Gasteiger partial charge in [0, 0.05) is 12.2 Å². The van der Waals surface area contributed by atoms with Crippen molar-refractivity contribution in [1.82, 2.24) is 0 Å². The van der Waals surface area contributed by atoms with E-state index in [2.05, 4.69) is 4.74 Å². The highest BCUT2D eigenvalue weighted by Crippen LogP contribution is 2.55. The third kappa shape index (κ3) is 14.5. The molecule has 0 aliphatic rings. The number of unbranched alkanes of at least 4 members (excludes halogenated alkanes) is 7. The molecule has 0 fully saturated rings. The SMILES string of the molecule is COC(=O)CCCCCCCCCCS(C)(Cl)Cl. The molecular formula is C13H26Cl2O2S. The van der Waals surface area contributed by atoms with Crippen LogP contribution in [-0.4, -0.2) is 25.1 Å². The fourth-order valence-electron chi connectivity index (χ4n) is 1.79. The molecule has 0 spiro atoms. The minimum atomic E-state index is -1.34. The van der Waals surface area contributed by atoms with Gasteiger partial charge in [0.1, 0.15) is 0 Å². The Hall–Kier alpha value is 0.400. The van der Waals surface area contributed by atoms with E-state index in [0.717, 1.165) is 25.0 Å². The Kier molecular flexibility index (Phi) is 11.5. The second kappa shape index (κ2) is 11.2. The molecule has 0 aromatic heterocycles. The summed E-state index contributed by atoms with van der Waals surface area (Å²) >= 11 is 0. The van der Waals surface area contributed by atoms with E-state index in [1.165, 1.54) is 39.2 Å². The number of carbonyl (C=O) groups excluding carboxylic acids is 1. The summed E-state index contributed by atoms with van der Waals surface area (Å²) < 4.78 is 4.59. The van der Waals surface area contributed by atoms with Gasteiger partial charge in [-0.2, -0.15) is 0 Å². The maximum Gasteiger partial charge on any atom is 0.305 e. The molecule has 0 unspecified atom stereocenters. The summed E-state index contributed by atoms with van der Waals surface area (Å²) in [5.74, 6) is 0.859. The molecular weight excluding hydrogens is 291 g/mol. The van der Waals surface area contributed by atoms with Gasteiger partial charge in [0.05, 0.1) is 7.11 Å². The van der Waals surface area contributed by atoms with E-state index in [0.29, 0.717) is 6.42 Å². The van der Waals surface area contributed by atoms with Gasteiger partial charge in [-0.3, -0.25) is 4.79 Å². The number of hydrogen-bond acceptors (Lipinski definition) is 2. The molecule has 0 saturated carbocycles. The number of carbonyl (C=O) groups is 1. The predicted molar refractivity (Wildman–Crippen MR) is 83.7 cm³/mol. The smallest absolute Gasteiger partial charge is 0.305 e. The van der Waals surface area contributed by atoms with E-state index >= 15 is 0 Å². The van der Waals surface area contributed by atoms with E-state index in [4.69, 9.17) is 21.4 Å². The largest absolute Gasteiger partial charge is 0.469 e. The Bertz CT molecular complexity index is 218. The molecule has 110 valence electrons. The summed E-state index contributed by atoms with van der Waals surface area (Å²) in [6.45, 7) is 0. The lowest BCUT2D eigenvalue weighted by Crippen LogP contribution is -1.99. The zero-order valence-corrected chi connectivity index (χ0v) is 13.9. The summed E-state index contributed by atoms with van der Waals surface area (Å²) in [7, 11) is 12.1. The summed E-state index contributed by atoms with van der Waals surface area (Å²) in [4.78, 5) is 10.9. The second-order valence-electron chi connectivity index (χ2n) is 4.73. The zero-order chi connectivity index (χ0) is 13.9. The number of esters is 1. The van der Waals surface area contributed by atoms with Crippen LogP contribution in [0.25, 0.3) is 0 Å². The van der Waals surface area contributed by atoms with Gasteiger partial charge in [-0.05, 0) is 19.1 Å². The Balaban J connectivity index is 3.10. The first-order valence-electron chi connectivity index (χ1n) is 6.68. The van der Waals surface area contributed by atoms with Crippen LogP contribution in [-0.2, 0) is 9.53 Å². The molecule has 0 bridgehead atoms. The van der Waals surface area contributed by atoms with Gasteiger partial charge >= 0.3 is 5.97 Å². The molecule has 0 aliphatic carbocycles. The van der Waals surface area contributed by atoms with Crippen molar-refractivity contribution in [3.05, 3.63) is 0 Å². The van der Waals surface area contributed by atoms with Gasteiger partial charge in [0.25, 0.3) is 0 Å². The van der Waals surface area contributed by atoms with Crippen LogP contribution in [0.2, 0.25) is 0 Å². The molecule has 2 nitrogen and oxygen atoms in total. The van der Waals surface area contributed by atoms with Crippen molar-refractivity contribution >= 4 is 35.8 Å². The van der Waals surface area contributed by atoms with Crippen molar-refractivity contribution in [2.24, 2.45) is 0 Å². The van der Waals surface area contributed by atoms with Crippen LogP contribution in [0.3, 0.4) is 0 Å². The van der Waals surface area contributed by atoms with Crippen molar-refractivity contribution in [3.63, 3.8) is 0 Å². The Labute approximate surface area is 122 Å². The van der Waals surface area contributed by atoms with Crippen LogP contribution in [0.1, 0.15) is 57.8 Å². The molecule has 0 amide bonds. The minimum absolute atomic E-state index is 0.0947. The molecule has 0 aliphatic heterocycles. The molecule has 0 saturated heterocycles. The standard InChI is InChI=1S/C13H26Cl2O2S/c1-17-13(16)11-9-7-5-3-4-6-8-10-12-18(2,14)15/h3-12H2,1-2H3. The van der Waals surface area contributed by atoms with Crippen molar-refractivity contribution < 1.29 is 9.53 Å². The lowest BCUT2D eigenvalue weighted by Gasteiger charge is -2.17. The van der Waals surface area contributed by atoms with Crippen LogP contribution in [0.4, 0.5) is 0 Å². The quantitative estimate of drug-likeness (QED) is 0.376. The first-order chi connectivity index (χ1) is 8.45. The van der Waals surface area contributed by atoms with Crippen molar-refractivity contribution in [1.29, 1.82) is 0 Å². The van der Waals surface area contributed by atoms with E-state index in [1.54, 1.807) is 0 Å². The van der Waals surface area contributed by atoms with Crippen LogP contribution >= 0.6 is 29.8 Å². The average Bonchev–Trinajstić information content (AvgIpc) is 2.29. The lowest BCUT2D eigenvalue weighted by molar-refractivity contribution is -0.140. The monoisotopic (exact) mass is 316 g/mol. The third-order valence-corrected chi connectivity index (χ3v) is 4.79. The van der Waals surface area contributed by atoms with Crippen LogP contribution in [0.15, 0.2) is 0 Å². The Morgan fingerprint density at radius 2 is 1.39 bits per heavy atom. The zero-order valence-electron chi connectivity index (χ0n) is 11.6. The summed E-state index contributed by atoms with van der Waals surface area (Å²) in [5.41, 5.74) is 0. The van der Waals surface area contributed by atoms with Crippen LogP contribution in [0.5, 0.6) is 0 Å². The van der Waals surface area contributed by atoms with Gasteiger partial charge in [0.15, 0.2) is 0 Å². The first-order valence-corrected chi connectivity index (χ1v) is 10.5. The maximum atomic E-state index is 10.9. The maximum absolute atomic E-state index is 10.9. The van der Waals surface area contributed by atoms with E-state index in [-0.39, 0.29) is 5.97 Å². The molecule has 0 rings (SSSR count). The molecule has 0 aromatic carbocycles. The number of hydrogen-bond donors (Lipinski definition) is 0. The molecule has 5 heteroatoms. The van der Waals surface area contributed by atoms with Gasteiger partial charge in [-0.15, -0.1) is 0 Å². The first kappa shape index (κ1) is 18.4. The van der Waals surface area contributed by atoms with Gasteiger partial charge in [-0.25, -0.2) is 0 Å². The van der Waals surface area contributed by atoms with Gasteiger partial charge in [0.2, 0.25) is 0 Å². The fraction of sp³-hybridized carbons (Fsp3) is 0.923. The predicted octanol–water partition coefficient (Wildman–Crippen LogP) is 5.41. The molecule has 0 atom stereocenters. The van der Waals surface area contributed by atoms with Crippen molar-refractivity contribution in [3.8, 4) is 0 Å². The van der Waals surface area contributed by atoms with Crippen molar-refractivity contribution in [2.75, 3.05) is 19.1 Å². The number of rotatable bonds is 11. The average molecular weight is 317 g/mol. The Morgan fingerprint density at radius 1 is 0.944 bits per heavy atom. The van der Waals surface area contributed by atoms with Gasteiger partial charge in [-0.1, -0.05) is 68.3 Å². The van der Waals surface area contributed by atoms with E-state index < -0.39 is 8.46 Å². The highest BCUT2D eigenvalue weighted by atomic mass is 36.0. The minimum Gasteiger partial charge on any atom is -0.469 e. The molecule has 0 N–H and O–H groups in total. The van der Waals surface area contributed by atoms with E-state index in [9.17, 15) is 4.79 Å². The number of ether oxygens (including phenoxy) is 1. The molecule has 0 radical (unpaired) electrons. The number of halogens is 2. The van der Waals surface area contributed by atoms with E-state index in [1.807, 2.05) is 6.26 Å². The van der Waals surface area contributed by atoms with Gasteiger partial charge < -0.3 is 4.74 Å². The molecule has 18 heavy (non-hydrogen) atoms.